The van der Waals surface area contributed by atoms with Gasteiger partial charge < -0.3 is 4.74 Å². The Labute approximate surface area is 103 Å². The Kier molecular flexibility index (Phi) is 3.69. The minimum atomic E-state index is 0.696. The SMILES string of the molecule is CCCOc1ccc(-c2n[nH]c(=S)s2)cc1. The van der Waals surface area contributed by atoms with Gasteiger partial charge in [0.1, 0.15) is 10.8 Å². The number of nitrogens with zero attached hydrogens (tertiary/aromatic N) is 1. The van der Waals surface area contributed by atoms with Crippen molar-refractivity contribution in [3.8, 4) is 16.3 Å². The standard InChI is InChI=1S/C11H12N2OS2/c1-2-7-14-9-5-3-8(4-6-9)10-12-13-11(15)16-10/h3-6H,2,7H2,1H3,(H,13,15). The summed E-state index contributed by atoms with van der Waals surface area (Å²) in [7, 11) is 0. The van der Waals surface area contributed by atoms with Gasteiger partial charge in [-0.15, -0.1) is 0 Å². The molecule has 1 heterocycles. The first-order valence-corrected chi connectivity index (χ1v) is 6.31. The molecule has 1 aromatic heterocycles. The molecule has 2 aromatic rings. The minimum absolute atomic E-state index is 0.696. The minimum Gasteiger partial charge on any atom is -0.494 e. The molecule has 0 saturated carbocycles. The van der Waals surface area contributed by atoms with Gasteiger partial charge in [0.2, 0.25) is 0 Å². The molecule has 1 N–H and O–H groups in total. The van der Waals surface area contributed by atoms with Gasteiger partial charge in [0, 0.05) is 5.56 Å². The molecule has 1 aromatic carbocycles. The summed E-state index contributed by atoms with van der Waals surface area (Å²) in [4.78, 5) is 0. The average molecular weight is 252 g/mol. The maximum absolute atomic E-state index is 5.51. The van der Waals surface area contributed by atoms with Gasteiger partial charge in [0.25, 0.3) is 0 Å². The van der Waals surface area contributed by atoms with E-state index in [9.17, 15) is 0 Å². The third-order valence-electron chi connectivity index (χ3n) is 2.01. The van der Waals surface area contributed by atoms with Gasteiger partial charge in [-0.1, -0.05) is 18.3 Å². The highest BCUT2D eigenvalue weighted by Gasteiger charge is 2.02. The van der Waals surface area contributed by atoms with Crippen LogP contribution in [0.2, 0.25) is 0 Å². The number of H-pyrrole nitrogens is 1. The third kappa shape index (κ3) is 2.68. The van der Waals surface area contributed by atoms with Crippen LogP contribution in [-0.4, -0.2) is 16.8 Å². The number of benzene rings is 1. The summed E-state index contributed by atoms with van der Waals surface area (Å²) in [6.45, 7) is 2.84. The van der Waals surface area contributed by atoms with Crippen molar-refractivity contribution in [1.82, 2.24) is 10.2 Å². The Morgan fingerprint density at radius 1 is 1.38 bits per heavy atom. The summed E-state index contributed by atoms with van der Waals surface area (Å²) >= 11 is 6.46. The molecule has 0 atom stereocenters. The highest BCUT2D eigenvalue weighted by atomic mass is 32.1. The predicted octanol–water partition coefficient (Wildman–Crippen LogP) is 3.66. The van der Waals surface area contributed by atoms with Crippen molar-refractivity contribution in [2.45, 2.75) is 13.3 Å². The summed E-state index contributed by atoms with van der Waals surface area (Å²) in [5.74, 6) is 0.893. The molecular formula is C11H12N2OS2. The maximum Gasteiger partial charge on any atom is 0.176 e. The Bertz CT molecular complexity index is 501. The van der Waals surface area contributed by atoms with Gasteiger partial charge >= 0.3 is 0 Å². The second-order valence-electron chi connectivity index (χ2n) is 3.29. The summed E-state index contributed by atoms with van der Waals surface area (Å²) in [6, 6.07) is 7.89. The molecule has 16 heavy (non-hydrogen) atoms. The second-order valence-corrected chi connectivity index (χ2v) is 4.96. The van der Waals surface area contributed by atoms with Crippen molar-refractivity contribution in [1.29, 1.82) is 0 Å². The normalized spacial score (nSPS) is 10.3. The van der Waals surface area contributed by atoms with Crippen LogP contribution in [-0.2, 0) is 0 Å². The fourth-order valence-corrected chi connectivity index (χ4v) is 2.16. The monoisotopic (exact) mass is 252 g/mol. The lowest BCUT2D eigenvalue weighted by molar-refractivity contribution is 0.317. The maximum atomic E-state index is 5.51. The van der Waals surface area contributed by atoms with Crippen molar-refractivity contribution in [3.05, 3.63) is 28.2 Å². The van der Waals surface area contributed by atoms with Crippen LogP contribution in [0.25, 0.3) is 10.6 Å². The number of rotatable bonds is 4. The predicted molar refractivity (Wildman–Crippen MR) is 68.5 cm³/mol. The van der Waals surface area contributed by atoms with Gasteiger partial charge in [0.15, 0.2) is 3.95 Å². The molecule has 2 rings (SSSR count). The first-order valence-electron chi connectivity index (χ1n) is 5.08. The van der Waals surface area contributed by atoms with Gasteiger partial charge in [-0.05, 0) is 42.9 Å². The van der Waals surface area contributed by atoms with Crippen LogP contribution in [0, 0.1) is 3.95 Å². The summed E-state index contributed by atoms with van der Waals surface area (Å²) in [6.07, 6.45) is 1.02. The molecule has 0 fully saturated rings. The van der Waals surface area contributed by atoms with E-state index in [4.69, 9.17) is 17.0 Å². The average Bonchev–Trinajstić information content (AvgIpc) is 2.74. The van der Waals surface area contributed by atoms with Crippen LogP contribution in [0.4, 0.5) is 0 Å². The molecule has 0 saturated heterocycles. The molecular weight excluding hydrogens is 240 g/mol. The summed E-state index contributed by atoms with van der Waals surface area (Å²) in [5.41, 5.74) is 1.06. The van der Waals surface area contributed by atoms with Crippen molar-refractivity contribution < 1.29 is 4.74 Å². The first kappa shape index (κ1) is 11.3. The highest BCUT2D eigenvalue weighted by Crippen LogP contribution is 2.23. The van der Waals surface area contributed by atoms with Crippen molar-refractivity contribution >= 4 is 23.6 Å². The quantitative estimate of drug-likeness (QED) is 0.844. The largest absolute Gasteiger partial charge is 0.494 e. The Morgan fingerprint density at radius 3 is 2.69 bits per heavy atom. The molecule has 0 amide bonds. The molecule has 0 spiro atoms. The van der Waals surface area contributed by atoms with Gasteiger partial charge in [-0.3, -0.25) is 5.10 Å². The van der Waals surface area contributed by atoms with Crippen molar-refractivity contribution in [3.63, 3.8) is 0 Å². The van der Waals surface area contributed by atoms with Gasteiger partial charge in [0.05, 0.1) is 6.61 Å². The molecule has 84 valence electrons. The molecule has 0 radical (unpaired) electrons. The second kappa shape index (κ2) is 5.23. The lowest BCUT2D eigenvalue weighted by atomic mass is 10.2. The van der Waals surface area contributed by atoms with E-state index >= 15 is 0 Å². The lowest BCUT2D eigenvalue weighted by Gasteiger charge is -2.04. The van der Waals surface area contributed by atoms with E-state index in [1.54, 1.807) is 0 Å². The van der Waals surface area contributed by atoms with E-state index in [1.165, 1.54) is 11.3 Å². The molecule has 5 heteroatoms. The Hall–Kier alpha value is -1.20. The van der Waals surface area contributed by atoms with Crippen molar-refractivity contribution in [2.24, 2.45) is 0 Å². The van der Waals surface area contributed by atoms with E-state index in [-0.39, 0.29) is 0 Å². The van der Waals surface area contributed by atoms with E-state index in [1.807, 2.05) is 24.3 Å². The molecule has 0 aliphatic rings. The fraction of sp³-hybridized carbons (Fsp3) is 0.273. The summed E-state index contributed by atoms with van der Waals surface area (Å²) < 4.78 is 6.20. The molecule has 3 nitrogen and oxygen atoms in total. The van der Waals surface area contributed by atoms with E-state index < -0.39 is 0 Å². The van der Waals surface area contributed by atoms with Crippen LogP contribution in [0.1, 0.15) is 13.3 Å². The van der Waals surface area contributed by atoms with Crippen molar-refractivity contribution in [2.75, 3.05) is 6.61 Å². The van der Waals surface area contributed by atoms with Gasteiger partial charge in [-0.2, -0.15) is 5.10 Å². The fourth-order valence-electron chi connectivity index (χ4n) is 1.27. The van der Waals surface area contributed by atoms with Crippen LogP contribution in [0.5, 0.6) is 5.75 Å². The smallest absolute Gasteiger partial charge is 0.176 e. The highest BCUT2D eigenvalue weighted by molar-refractivity contribution is 7.73. The Balaban J connectivity index is 2.16. The first-order chi connectivity index (χ1) is 7.79. The van der Waals surface area contributed by atoms with Crippen LogP contribution in [0.15, 0.2) is 24.3 Å². The zero-order chi connectivity index (χ0) is 11.4. The zero-order valence-electron chi connectivity index (χ0n) is 8.90. The molecule has 0 aliphatic carbocycles. The number of hydrogen-bond donors (Lipinski definition) is 1. The van der Waals surface area contributed by atoms with Crippen LogP contribution in [0.3, 0.4) is 0 Å². The number of aromatic amines is 1. The summed E-state index contributed by atoms with van der Waals surface area (Å²) in [5, 5.41) is 7.80. The number of nitrogens with one attached hydrogen (secondary N) is 1. The Morgan fingerprint density at radius 2 is 2.12 bits per heavy atom. The lowest BCUT2D eigenvalue weighted by Crippen LogP contribution is -1.94. The topological polar surface area (TPSA) is 37.9 Å². The third-order valence-corrected chi connectivity index (χ3v) is 3.15. The zero-order valence-corrected chi connectivity index (χ0v) is 10.5. The van der Waals surface area contributed by atoms with E-state index in [0.717, 1.165) is 29.3 Å². The van der Waals surface area contributed by atoms with Crippen LogP contribution < -0.4 is 4.74 Å². The van der Waals surface area contributed by atoms with Gasteiger partial charge in [-0.25, -0.2) is 0 Å². The van der Waals surface area contributed by atoms with Crippen LogP contribution >= 0.6 is 23.6 Å². The number of aromatic nitrogens is 2. The number of hydrogen-bond acceptors (Lipinski definition) is 4. The van der Waals surface area contributed by atoms with E-state index in [0.29, 0.717) is 3.95 Å². The van der Waals surface area contributed by atoms with E-state index in [2.05, 4.69) is 17.1 Å². The molecule has 0 aliphatic heterocycles. The number of ether oxygens (including phenoxy) is 1. The molecule has 0 unspecified atom stereocenters. The molecule has 0 bridgehead atoms.